The highest BCUT2D eigenvalue weighted by molar-refractivity contribution is 5.90. The molecule has 7 aliphatic rings. The van der Waals surface area contributed by atoms with Gasteiger partial charge in [0.25, 0.3) is 0 Å². The van der Waals surface area contributed by atoms with Crippen LogP contribution in [-0.2, 0) is 61.8 Å². The summed E-state index contributed by atoms with van der Waals surface area (Å²) in [6, 6.07) is 9.08. The fourth-order valence-electron chi connectivity index (χ4n) is 9.18. The van der Waals surface area contributed by atoms with Crippen molar-refractivity contribution in [1.82, 2.24) is 0 Å². The number of fused-ring (bicyclic) bond motifs is 4. The molecule has 21 heteroatoms. The zero-order valence-corrected chi connectivity index (χ0v) is 33.7. The van der Waals surface area contributed by atoms with Crippen LogP contribution in [0.25, 0.3) is 6.08 Å². The van der Waals surface area contributed by atoms with Crippen molar-refractivity contribution < 1.29 is 103 Å². The van der Waals surface area contributed by atoms with E-state index in [1.165, 1.54) is 19.3 Å². The zero-order chi connectivity index (χ0) is 44.7. The molecule has 2 aliphatic carbocycles. The van der Waals surface area contributed by atoms with Crippen molar-refractivity contribution in [3.63, 3.8) is 0 Å². The van der Waals surface area contributed by atoms with Gasteiger partial charge in [0.05, 0.1) is 43.3 Å². The van der Waals surface area contributed by atoms with Gasteiger partial charge in [0, 0.05) is 30.4 Å². The van der Waals surface area contributed by atoms with Crippen molar-refractivity contribution in [2.75, 3.05) is 26.4 Å². The fourth-order valence-corrected chi connectivity index (χ4v) is 9.18. The Bertz CT molecular complexity index is 1970. The van der Waals surface area contributed by atoms with Gasteiger partial charge in [0.2, 0.25) is 12.6 Å². The summed E-state index contributed by atoms with van der Waals surface area (Å²) in [5.74, 6) is -4.61. The molecular formula is C42H50O21. The van der Waals surface area contributed by atoms with Crippen LogP contribution in [0.2, 0.25) is 0 Å². The Morgan fingerprint density at radius 1 is 0.825 bits per heavy atom. The van der Waals surface area contributed by atoms with Crippen LogP contribution < -0.4 is 0 Å². The first-order valence-electron chi connectivity index (χ1n) is 20.5. The third-order valence-electron chi connectivity index (χ3n) is 12.5. The van der Waals surface area contributed by atoms with E-state index in [0.717, 1.165) is 11.8 Å². The van der Waals surface area contributed by atoms with Crippen LogP contribution in [0.5, 0.6) is 0 Å². The van der Waals surface area contributed by atoms with E-state index in [4.69, 9.17) is 47.4 Å². The van der Waals surface area contributed by atoms with E-state index in [0.29, 0.717) is 5.57 Å². The maximum atomic E-state index is 14.0. The van der Waals surface area contributed by atoms with Crippen LogP contribution in [0.3, 0.4) is 0 Å². The number of benzene rings is 1. The van der Waals surface area contributed by atoms with Crippen molar-refractivity contribution >= 4 is 24.0 Å². The topological polar surface area (TPSA) is 309 Å². The number of hydrogen-bond acceptors (Lipinski definition) is 21. The van der Waals surface area contributed by atoms with Crippen molar-refractivity contribution in [2.24, 2.45) is 17.8 Å². The highest BCUT2D eigenvalue weighted by atomic mass is 16.8. The summed E-state index contributed by atoms with van der Waals surface area (Å²) in [5.41, 5.74) is 0.172. The van der Waals surface area contributed by atoms with Gasteiger partial charge in [-0.05, 0) is 36.1 Å². The highest BCUT2D eigenvalue weighted by Gasteiger charge is 2.76. The SMILES string of the molecule is CC(=O)OCC1=C2C(OC3OC(CO)C(O)C(O)C3O)OC=C(C(=O)OC3C(O)C(CO)OC(OC4OC=CC5C(O)C6OC6(COC(=O)C=Cc6ccccc6)C45)C3O)C2CC1. The second kappa shape index (κ2) is 18.6. The molecule has 8 rings (SSSR count). The summed E-state index contributed by atoms with van der Waals surface area (Å²) in [6.07, 6.45) is -14.1. The number of carbonyl (C=O) groups excluding carboxylic acids is 3. The number of aliphatic hydroxyl groups excluding tert-OH is 8. The van der Waals surface area contributed by atoms with Crippen molar-refractivity contribution in [2.45, 2.75) is 112 Å². The van der Waals surface area contributed by atoms with Gasteiger partial charge in [-0.1, -0.05) is 30.3 Å². The molecule has 18 atom stereocenters. The predicted molar refractivity (Wildman–Crippen MR) is 204 cm³/mol. The van der Waals surface area contributed by atoms with Crippen LogP contribution in [0.1, 0.15) is 25.3 Å². The fraction of sp³-hybridized carbons (Fsp3) is 0.595. The summed E-state index contributed by atoms with van der Waals surface area (Å²) in [6.45, 7) is -0.849. The van der Waals surface area contributed by atoms with E-state index in [9.17, 15) is 55.2 Å². The molecular weight excluding hydrogens is 840 g/mol. The van der Waals surface area contributed by atoms with Gasteiger partial charge >= 0.3 is 17.9 Å². The molecule has 4 fully saturated rings. The van der Waals surface area contributed by atoms with Crippen molar-refractivity contribution in [3.8, 4) is 0 Å². The van der Waals surface area contributed by atoms with E-state index in [-0.39, 0.29) is 37.2 Å². The summed E-state index contributed by atoms with van der Waals surface area (Å²) in [7, 11) is 0. The average Bonchev–Trinajstić information content (AvgIpc) is 3.77. The smallest absolute Gasteiger partial charge is 0.338 e. The third-order valence-corrected chi connectivity index (χ3v) is 12.5. The van der Waals surface area contributed by atoms with Crippen LogP contribution in [0.15, 0.2) is 71.7 Å². The normalized spacial score (nSPS) is 41.4. The number of epoxide rings is 1. The Balaban J connectivity index is 0.974. The Kier molecular flexibility index (Phi) is 13.4. The minimum atomic E-state index is -1.91. The molecule has 5 heterocycles. The first-order chi connectivity index (χ1) is 30.3. The molecule has 5 aliphatic heterocycles. The lowest BCUT2D eigenvalue weighted by molar-refractivity contribution is -0.345. The van der Waals surface area contributed by atoms with Crippen molar-refractivity contribution in [3.05, 3.63) is 77.3 Å². The highest BCUT2D eigenvalue weighted by Crippen LogP contribution is 2.60. The lowest BCUT2D eigenvalue weighted by Crippen LogP contribution is -2.62. The van der Waals surface area contributed by atoms with Gasteiger partial charge in [0.15, 0.2) is 18.7 Å². The van der Waals surface area contributed by atoms with E-state index < -0.39 is 141 Å². The standard InChI is InChI=1S/C42H50O21/c1-18(45)55-15-20-8-9-21-23(16-56-38(27(20)21)61-40-33(51)32(50)30(48)24(13-43)58-40)37(53)60-35-31(49)25(14-44)59-41(34(35)52)62-39-28-22(11-12-54-39)29(47)36-42(28,63-36)17-57-26(46)10-7-19-5-3-2-4-6-19/h2-7,10-12,16,21-22,24-25,28-36,38-41,43-44,47-52H,8-9,13-15,17H2,1H3. The number of rotatable bonds is 14. The monoisotopic (exact) mass is 890 g/mol. The molecule has 1 aromatic carbocycles. The molecule has 0 radical (unpaired) electrons. The van der Waals surface area contributed by atoms with Gasteiger partial charge in [-0.25, -0.2) is 9.59 Å². The van der Waals surface area contributed by atoms with Gasteiger partial charge in [-0.15, -0.1) is 0 Å². The minimum absolute atomic E-state index is 0.115. The zero-order valence-electron chi connectivity index (χ0n) is 33.7. The van der Waals surface area contributed by atoms with Crippen LogP contribution in [0.4, 0.5) is 0 Å². The molecule has 0 spiro atoms. The number of ether oxygens (including phenoxy) is 10. The maximum Gasteiger partial charge on any atom is 0.338 e. The quantitative estimate of drug-likeness (QED) is 0.0316. The Hall–Kier alpha value is -4.33. The molecule has 0 bridgehead atoms. The number of hydrogen-bond donors (Lipinski definition) is 8. The molecule has 1 aromatic rings. The minimum Gasteiger partial charge on any atom is -0.472 e. The lowest BCUT2D eigenvalue weighted by atomic mass is 9.85. The van der Waals surface area contributed by atoms with Gasteiger partial charge in [-0.3, -0.25) is 4.79 Å². The van der Waals surface area contributed by atoms with Crippen molar-refractivity contribution in [1.29, 1.82) is 0 Å². The molecule has 344 valence electrons. The summed E-state index contributed by atoms with van der Waals surface area (Å²) >= 11 is 0. The largest absolute Gasteiger partial charge is 0.472 e. The molecule has 8 N–H and O–H groups in total. The van der Waals surface area contributed by atoms with Crippen LogP contribution >= 0.6 is 0 Å². The van der Waals surface area contributed by atoms with Crippen LogP contribution in [0, 0.1) is 17.8 Å². The van der Waals surface area contributed by atoms with E-state index in [1.807, 2.05) is 18.2 Å². The molecule has 63 heavy (non-hydrogen) atoms. The van der Waals surface area contributed by atoms with E-state index in [1.54, 1.807) is 24.3 Å². The molecule has 0 aromatic heterocycles. The first-order valence-corrected chi connectivity index (χ1v) is 20.5. The van der Waals surface area contributed by atoms with E-state index in [2.05, 4.69) is 0 Å². The Labute approximate surface area is 359 Å². The Morgan fingerprint density at radius 2 is 1.54 bits per heavy atom. The maximum absolute atomic E-state index is 14.0. The first kappa shape index (κ1) is 45.2. The average molecular weight is 891 g/mol. The number of aliphatic hydroxyl groups is 8. The summed E-state index contributed by atoms with van der Waals surface area (Å²) < 4.78 is 57.3. The summed E-state index contributed by atoms with van der Waals surface area (Å²) in [4.78, 5) is 38.5. The second-order valence-electron chi connectivity index (χ2n) is 16.3. The molecule has 1 saturated carbocycles. The lowest BCUT2D eigenvalue weighted by Gasteiger charge is -2.44. The Morgan fingerprint density at radius 3 is 2.25 bits per heavy atom. The molecule has 21 nitrogen and oxygen atoms in total. The number of carbonyl (C=O) groups is 3. The second-order valence-corrected chi connectivity index (χ2v) is 16.3. The van der Waals surface area contributed by atoms with Gasteiger partial charge in [-0.2, -0.15) is 0 Å². The molecule has 0 amide bonds. The predicted octanol–water partition coefficient (Wildman–Crippen LogP) is -2.45. The molecule has 18 unspecified atom stereocenters. The number of esters is 3. The summed E-state index contributed by atoms with van der Waals surface area (Å²) in [5, 5.41) is 85.0. The van der Waals surface area contributed by atoms with E-state index >= 15 is 0 Å². The van der Waals surface area contributed by atoms with Gasteiger partial charge in [0.1, 0.15) is 67.6 Å². The van der Waals surface area contributed by atoms with Crippen LogP contribution in [-0.4, -0.2) is 177 Å². The molecule has 3 saturated heterocycles. The van der Waals surface area contributed by atoms with Gasteiger partial charge < -0.3 is 88.2 Å². The third kappa shape index (κ3) is 8.78.